The van der Waals surface area contributed by atoms with Crippen molar-refractivity contribution in [3.63, 3.8) is 0 Å². The monoisotopic (exact) mass is 396 g/mol. The van der Waals surface area contributed by atoms with E-state index < -0.39 is 0 Å². The SMILES string of the molecule is COc1ccc2nc(NC(=O)N3CCNC(=O)CC3c3ccccc3)sc2c1. The summed E-state index contributed by atoms with van der Waals surface area (Å²) < 4.78 is 6.17. The van der Waals surface area contributed by atoms with E-state index in [-0.39, 0.29) is 24.4 Å². The molecule has 4 rings (SSSR count). The summed E-state index contributed by atoms with van der Waals surface area (Å²) in [7, 11) is 1.61. The van der Waals surface area contributed by atoms with Crippen molar-refractivity contribution in [2.24, 2.45) is 0 Å². The van der Waals surface area contributed by atoms with Crippen molar-refractivity contribution in [2.45, 2.75) is 12.5 Å². The molecule has 0 saturated carbocycles. The predicted molar refractivity (Wildman–Crippen MR) is 109 cm³/mol. The van der Waals surface area contributed by atoms with Crippen LogP contribution in [0.2, 0.25) is 0 Å². The lowest BCUT2D eigenvalue weighted by Gasteiger charge is -2.29. The van der Waals surface area contributed by atoms with Crippen molar-refractivity contribution in [3.8, 4) is 5.75 Å². The summed E-state index contributed by atoms with van der Waals surface area (Å²) in [5, 5.41) is 6.25. The second kappa shape index (κ2) is 7.85. The average Bonchev–Trinajstić information content (AvgIpc) is 3.00. The van der Waals surface area contributed by atoms with Crippen LogP contribution in [0.25, 0.3) is 10.2 Å². The highest BCUT2D eigenvalue weighted by molar-refractivity contribution is 7.22. The molecule has 0 bridgehead atoms. The van der Waals surface area contributed by atoms with E-state index in [2.05, 4.69) is 15.6 Å². The summed E-state index contributed by atoms with van der Waals surface area (Å²) >= 11 is 1.39. The zero-order valence-electron chi connectivity index (χ0n) is 15.3. The first-order chi connectivity index (χ1) is 13.6. The number of hydrogen-bond acceptors (Lipinski definition) is 5. The van der Waals surface area contributed by atoms with Gasteiger partial charge in [-0.25, -0.2) is 9.78 Å². The molecule has 1 unspecified atom stereocenters. The number of anilines is 1. The average molecular weight is 396 g/mol. The van der Waals surface area contributed by atoms with Gasteiger partial charge in [0.15, 0.2) is 5.13 Å². The largest absolute Gasteiger partial charge is 0.497 e. The van der Waals surface area contributed by atoms with E-state index in [9.17, 15) is 9.59 Å². The van der Waals surface area contributed by atoms with Gasteiger partial charge in [0, 0.05) is 13.1 Å². The van der Waals surface area contributed by atoms with Gasteiger partial charge in [0.25, 0.3) is 0 Å². The highest BCUT2D eigenvalue weighted by Gasteiger charge is 2.30. The van der Waals surface area contributed by atoms with E-state index in [1.807, 2.05) is 48.5 Å². The Balaban J connectivity index is 1.58. The highest BCUT2D eigenvalue weighted by Crippen LogP contribution is 2.31. The smallest absolute Gasteiger partial charge is 0.324 e. The maximum absolute atomic E-state index is 13.0. The third kappa shape index (κ3) is 3.77. The fourth-order valence-electron chi connectivity index (χ4n) is 3.29. The molecule has 1 aliphatic heterocycles. The minimum Gasteiger partial charge on any atom is -0.497 e. The first-order valence-electron chi connectivity index (χ1n) is 8.98. The number of urea groups is 1. The van der Waals surface area contributed by atoms with Gasteiger partial charge >= 0.3 is 6.03 Å². The molecule has 3 amide bonds. The van der Waals surface area contributed by atoms with Crippen molar-refractivity contribution < 1.29 is 14.3 Å². The predicted octanol–water partition coefficient (Wildman–Crippen LogP) is 3.40. The maximum Gasteiger partial charge on any atom is 0.324 e. The van der Waals surface area contributed by atoms with Gasteiger partial charge in [0.2, 0.25) is 5.91 Å². The van der Waals surface area contributed by atoms with Crippen LogP contribution in [-0.4, -0.2) is 42.0 Å². The number of ether oxygens (including phenoxy) is 1. The number of aromatic nitrogens is 1. The van der Waals surface area contributed by atoms with Gasteiger partial charge in [-0.15, -0.1) is 0 Å². The molecule has 1 fully saturated rings. The first kappa shape index (κ1) is 18.2. The second-order valence-electron chi connectivity index (χ2n) is 6.46. The van der Waals surface area contributed by atoms with E-state index in [0.717, 1.165) is 21.5 Å². The molecule has 1 atom stereocenters. The molecule has 1 saturated heterocycles. The number of benzene rings is 2. The standard InChI is InChI=1S/C20H20N4O3S/c1-27-14-7-8-15-17(11-14)28-19(22-15)23-20(26)24-10-9-21-18(25)12-16(24)13-5-3-2-4-6-13/h2-8,11,16H,9-10,12H2,1H3,(H,21,25)(H,22,23,26). The number of thiazole rings is 1. The van der Waals surface area contributed by atoms with Crippen molar-refractivity contribution in [1.29, 1.82) is 0 Å². The zero-order valence-corrected chi connectivity index (χ0v) is 16.2. The number of rotatable bonds is 3. The Bertz CT molecular complexity index is 1010. The van der Waals surface area contributed by atoms with E-state index in [0.29, 0.717) is 18.2 Å². The summed E-state index contributed by atoms with van der Waals surface area (Å²) in [6.45, 7) is 0.850. The van der Waals surface area contributed by atoms with Crippen LogP contribution in [0.1, 0.15) is 18.0 Å². The molecule has 2 heterocycles. The van der Waals surface area contributed by atoms with Gasteiger partial charge in [-0.1, -0.05) is 41.7 Å². The number of fused-ring (bicyclic) bond motifs is 1. The van der Waals surface area contributed by atoms with Gasteiger partial charge in [-0.2, -0.15) is 0 Å². The number of nitrogens with one attached hydrogen (secondary N) is 2. The molecule has 0 spiro atoms. The van der Waals surface area contributed by atoms with Crippen molar-refractivity contribution in [3.05, 3.63) is 54.1 Å². The Kier molecular flexibility index (Phi) is 5.12. The van der Waals surface area contributed by atoms with E-state index in [4.69, 9.17) is 4.74 Å². The maximum atomic E-state index is 13.0. The minimum atomic E-state index is -0.321. The van der Waals surface area contributed by atoms with E-state index >= 15 is 0 Å². The lowest BCUT2D eigenvalue weighted by Crippen LogP contribution is -2.39. The Morgan fingerprint density at radius 3 is 2.89 bits per heavy atom. The van der Waals surface area contributed by atoms with Crippen LogP contribution in [0.15, 0.2) is 48.5 Å². The van der Waals surface area contributed by atoms with Crippen molar-refractivity contribution >= 4 is 38.6 Å². The number of amides is 3. The van der Waals surface area contributed by atoms with Crippen LogP contribution in [0.4, 0.5) is 9.93 Å². The first-order valence-corrected chi connectivity index (χ1v) is 9.79. The molecular formula is C20H20N4O3S. The Morgan fingerprint density at radius 1 is 1.29 bits per heavy atom. The van der Waals surface area contributed by atoms with Gasteiger partial charge in [0.05, 0.1) is 29.8 Å². The summed E-state index contributed by atoms with van der Waals surface area (Å²) in [5.74, 6) is 0.687. The molecule has 7 nitrogen and oxygen atoms in total. The summed E-state index contributed by atoms with van der Waals surface area (Å²) in [6, 6.07) is 14.6. The van der Waals surface area contributed by atoms with E-state index in [1.165, 1.54) is 11.3 Å². The minimum absolute atomic E-state index is 0.0590. The Labute approximate surface area is 166 Å². The normalized spacial score (nSPS) is 17.1. The lowest BCUT2D eigenvalue weighted by atomic mass is 10.0. The number of carbonyl (C=O) groups is 2. The molecular weight excluding hydrogens is 376 g/mol. The molecule has 3 aromatic rings. The van der Waals surface area contributed by atoms with Crippen LogP contribution < -0.4 is 15.4 Å². The van der Waals surface area contributed by atoms with Crippen LogP contribution >= 0.6 is 11.3 Å². The second-order valence-corrected chi connectivity index (χ2v) is 7.49. The van der Waals surface area contributed by atoms with Crippen LogP contribution in [0.3, 0.4) is 0 Å². The molecule has 8 heteroatoms. The molecule has 2 aromatic carbocycles. The van der Waals surface area contributed by atoms with Crippen LogP contribution in [0, 0.1) is 0 Å². The summed E-state index contributed by atoms with van der Waals surface area (Å²) in [5.41, 5.74) is 1.73. The lowest BCUT2D eigenvalue weighted by molar-refractivity contribution is -0.121. The Hall–Kier alpha value is -3.13. The highest BCUT2D eigenvalue weighted by atomic mass is 32.1. The van der Waals surface area contributed by atoms with Crippen molar-refractivity contribution in [2.75, 3.05) is 25.5 Å². The summed E-state index contributed by atoms with van der Waals surface area (Å²) in [4.78, 5) is 31.3. The third-order valence-electron chi connectivity index (χ3n) is 4.68. The fourth-order valence-corrected chi connectivity index (χ4v) is 4.18. The number of carbonyl (C=O) groups excluding carboxylic acids is 2. The van der Waals surface area contributed by atoms with Gasteiger partial charge < -0.3 is 15.0 Å². The third-order valence-corrected chi connectivity index (χ3v) is 5.62. The summed E-state index contributed by atoms with van der Waals surface area (Å²) in [6.07, 6.45) is 0.231. The molecule has 2 N–H and O–H groups in total. The van der Waals surface area contributed by atoms with E-state index in [1.54, 1.807) is 12.0 Å². The molecule has 28 heavy (non-hydrogen) atoms. The molecule has 144 valence electrons. The number of methoxy groups -OCH3 is 1. The van der Waals surface area contributed by atoms with Gasteiger partial charge in [0.1, 0.15) is 5.75 Å². The molecule has 0 aliphatic carbocycles. The number of nitrogens with zero attached hydrogens (tertiary/aromatic N) is 2. The molecule has 1 aliphatic rings. The fraction of sp³-hybridized carbons (Fsp3) is 0.250. The van der Waals surface area contributed by atoms with Gasteiger partial charge in [-0.3, -0.25) is 10.1 Å². The topological polar surface area (TPSA) is 83.6 Å². The Morgan fingerprint density at radius 2 is 2.11 bits per heavy atom. The van der Waals surface area contributed by atoms with Crippen LogP contribution in [0.5, 0.6) is 5.75 Å². The quantitative estimate of drug-likeness (QED) is 0.711. The van der Waals surface area contributed by atoms with Gasteiger partial charge in [-0.05, 0) is 23.8 Å². The number of hydrogen-bond donors (Lipinski definition) is 2. The van der Waals surface area contributed by atoms with Crippen molar-refractivity contribution in [1.82, 2.24) is 15.2 Å². The molecule has 1 aromatic heterocycles. The molecule has 0 radical (unpaired) electrons. The zero-order chi connectivity index (χ0) is 19.5. The van der Waals surface area contributed by atoms with Crippen LogP contribution in [-0.2, 0) is 4.79 Å².